The molecule has 0 aliphatic carbocycles. The summed E-state index contributed by atoms with van der Waals surface area (Å²) >= 11 is 0. The molecule has 0 saturated carbocycles. The Balaban J connectivity index is 1.10. The Labute approximate surface area is 279 Å². The van der Waals surface area contributed by atoms with Crippen molar-refractivity contribution >= 4 is 33.9 Å². The molecule has 1 saturated heterocycles. The molecule has 2 aromatic heterocycles. The number of urea groups is 1. The smallest absolute Gasteiger partial charge is 0.418 e. The lowest BCUT2D eigenvalue weighted by atomic mass is 9.91. The minimum Gasteiger partial charge on any atom is -0.494 e. The van der Waals surface area contributed by atoms with Crippen molar-refractivity contribution in [2.24, 2.45) is 0 Å². The first-order chi connectivity index (χ1) is 23.6. The summed E-state index contributed by atoms with van der Waals surface area (Å²) in [5.74, 6) is 0.121. The quantitative estimate of drug-likeness (QED) is 0.126. The highest BCUT2D eigenvalue weighted by Crippen LogP contribution is 2.40. The Morgan fingerprint density at radius 1 is 0.857 bits per heavy atom. The number of hydrogen-bond donors (Lipinski definition) is 1. The van der Waals surface area contributed by atoms with Gasteiger partial charge in [0.2, 0.25) is 0 Å². The van der Waals surface area contributed by atoms with Gasteiger partial charge in [0.15, 0.2) is 0 Å². The van der Waals surface area contributed by atoms with Crippen LogP contribution in [0.4, 0.5) is 18.0 Å². The number of aromatic nitrogens is 3. The Hall–Kier alpha value is -5.84. The second kappa shape index (κ2) is 12.6. The Kier molecular flexibility index (Phi) is 8.19. The maximum absolute atomic E-state index is 14.0. The number of nitrogens with one attached hydrogen (secondary N) is 1. The van der Waals surface area contributed by atoms with Gasteiger partial charge in [0.25, 0.3) is 5.91 Å². The molecular formula is C38H30F3N5O3. The zero-order valence-corrected chi connectivity index (χ0v) is 26.4. The summed E-state index contributed by atoms with van der Waals surface area (Å²) in [7, 11) is 0. The molecule has 4 aromatic carbocycles. The minimum absolute atomic E-state index is 0.120. The van der Waals surface area contributed by atoms with E-state index < -0.39 is 23.3 Å². The summed E-state index contributed by atoms with van der Waals surface area (Å²) in [6, 6.07) is 25.7. The molecular weight excluding hydrogens is 631 g/mol. The Morgan fingerprint density at radius 3 is 2.43 bits per heavy atom. The van der Waals surface area contributed by atoms with Crippen LogP contribution in [0.2, 0.25) is 0 Å². The van der Waals surface area contributed by atoms with Crippen molar-refractivity contribution in [3.63, 3.8) is 0 Å². The van der Waals surface area contributed by atoms with Crippen LogP contribution in [0.15, 0.2) is 110 Å². The van der Waals surface area contributed by atoms with Crippen molar-refractivity contribution < 1.29 is 27.5 Å². The van der Waals surface area contributed by atoms with Crippen molar-refractivity contribution in [3.05, 3.63) is 132 Å². The number of nitrogens with zero attached hydrogens (tertiary/aromatic N) is 4. The van der Waals surface area contributed by atoms with E-state index >= 15 is 0 Å². The van der Waals surface area contributed by atoms with E-state index in [4.69, 9.17) is 4.74 Å². The van der Waals surface area contributed by atoms with Gasteiger partial charge in [-0.25, -0.2) is 4.79 Å². The van der Waals surface area contributed by atoms with Crippen LogP contribution in [0.25, 0.3) is 33.1 Å². The first-order valence-corrected chi connectivity index (χ1v) is 15.7. The highest BCUT2D eigenvalue weighted by Gasteiger charge is 2.48. The van der Waals surface area contributed by atoms with Crippen molar-refractivity contribution in [2.45, 2.75) is 31.5 Å². The number of fused-ring (bicyclic) bond motifs is 2. The topological polar surface area (TPSA) is 97.3 Å². The molecule has 3 amide bonds. The minimum atomic E-state index is -4.56. The number of carbonyl (C=O) groups excluding carboxylic acids is 2. The Bertz CT molecular complexity index is 2210. The number of carbonyl (C=O) groups is 2. The van der Waals surface area contributed by atoms with E-state index in [1.165, 1.54) is 17.2 Å². The van der Waals surface area contributed by atoms with E-state index in [2.05, 4.69) is 20.3 Å². The van der Waals surface area contributed by atoms with Crippen LogP contribution in [0.1, 0.15) is 35.6 Å². The zero-order chi connectivity index (χ0) is 34.2. The molecule has 6 aromatic rings. The van der Waals surface area contributed by atoms with E-state index in [9.17, 15) is 22.8 Å². The van der Waals surface area contributed by atoms with Crippen LogP contribution in [0.5, 0.6) is 5.75 Å². The number of hydrogen-bond acceptors (Lipinski definition) is 6. The number of amides is 3. The van der Waals surface area contributed by atoms with E-state index in [-0.39, 0.29) is 24.6 Å². The number of halogens is 3. The molecule has 1 unspecified atom stereocenters. The van der Waals surface area contributed by atoms with Gasteiger partial charge >= 0.3 is 12.2 Å². The van der Waals surface area contributed by atoms with Gasteiger partial charge in [0.1, 0.15) is 11.3 Å². The highest BCUT2D eigenvalue weighted by atomic mass is 19.4. The molecule has 0 bridgehead atoms. The first-order valence-electron chi connectivity index (χ1n) is 15.7. The third-order valence-corrected chi connectivity index (χ3v) is 8.76. The van der Waals surface area contributed by atoms with Crippen LogP contribution in [0, 0.1) is 0 Å². The molecule has 1 atom stereocenters. The van der Waals surface area contributed by atoms with E-state index in [0.717, 1.165) is 17.2 Å². The van der Waals surface area contributed by atoms with Crippen LogP contribution < -0.4 is 10.1 Å². The third kappa shape index (κ3) is 6.15. The SMILES string of the molecule is CC1(c2ccc3nccnc3c2)NC(=O)N(CCCOc2cccc(-c3c(Cc4ccccc4)cnc4c(C(F)(F)F)cccc34)c2)C1=O. The van der Waals surface area contributed by atoms with Crippen LogP contribution in [-0.2, 0) is 22.9 Å². The molecule has 1 fully saturated rings. The number of ether oxygens (including phenoxy) is 1. The molecule has 49 heavy (non-hydrogen) atoms. The maximum Gasteiger partial charge on any atom is 0.418 e. The lowest BCUT2D eigenvalue weighted by Gasteiger charge is -2.22. The number of para-hydroxylation sites is 1. The van der Waals surface area contributed by atoms with Gasteiger partial charge in [0.05, 0.1) is 28.7 Å². The second-order valence-corrected chi connectivity index (χ2v) is 12.0. The van der Waals surface area contributed by atoms with Gasteiger partial charge in [-0.1, -0.05) is 60.7 Å². The molecule has 1 N–H and O–H groups in total. The van der Waals surface area contributed by atoms with Gasteiger partial charge in [-0.2, -0.15) is 13.2 Å². The molecule has 0 spiro atoms. The molecule has 3 heterocycles. The number of benzene rings is 4. The van der Waals surface area contributed by atoms with Crippen molar-refractivity contribution in [3.8, 4) is 16.9 Å². The summed E-state index contributed by atoms with van der Waals surface area (Å²) in [6.45, 7) is 1.98. The fraction of sp³-hybridized carbons (Fsp3) is 0.184. The number of alkyl halides is 3. The number of rotatable bonds is 9. The molecule has 1 aliphatic rings. The average Bonchev–Trinajstić information content (AvgIpc) is 3.33. The van der Waals surface area contributed by atoms with Crippen LogP contribution in [-0.4, -0.2) is 44.9 Å². The van der Waals surface area contributed by atoms with E-state index in [0.29, 0.717) is 51.7 Å². The summed E-state index contributed by atoms with van der Waals surface area (Å²) in [6.07, 6.45) is 0.935. The van der Waals surface area contributed by atoms with Gasteiger partial charge in [-0.15, -0.1) is 0 Å². The predicted octanol–water partition coefficient (Wildman–Crippen LogP) is 7.69. The van der Waals surface area contributed by atoms with E-state index in [1.54, 1.807) is 61.8 Å². The van der Waals surface area contributed by atoms with Crippen LogP contribution >= 0.6 is 0 Å². The second-order valence-electron chi connectivity index (χ2n) is 12.0. The summed E-state index contributed by atoms with van der Waals surface area (Å²) in [5.41, 5.74) is 2.82. The lowest BCUT2D eigenvalue weighted by Crippen LogP contribution is -2.41. The fourth-order valence-electron chi connectivity index (χ4n) is 6.31. The van der Waals surface area contributed by atoms with Gasteiger partial charge in [-0.05, 0) is 77.9 Å². The lowest BCUT2D eigenvalue weighted by molar-refractivity contribution is -0.136. The largest absolute Gasteiger partial charge is 0.494 e. The van der Waals surface area contributed by atoms with Gasteiger partial charge in [0, 0.05) is 30.5 Å². The fourth-order valence-corrected chi connectivity index (χ4v) is 6.31. The molecule has 8 nitrogen and oxygen atoms in total. The summed E-state index contributed by atoms with van der Waals surface area (Å²) < 4.78 is 48.0. The highest BCUT2D eigenvalue weighted by molar-refractivity contribution is 6.07. The molecule has 246 valence electrons. The molecule has 11 heteroatoms. The Morgan fingerprint density at radius 2 is 1.63 bits per heavy atom. The van der Waals surface area contributed by atoms with Crippen LogP contribution in [0.3, 0.4) is 0 Å². The van der Waals surface area contributed by atoms with Gasteiger partial charge < -0.3 is 10.1 Å². The van der Waals surface area contributed by atoms with E-state index in [1.807, 2.05) is 36.4 Å². The van der Waals surface area contributed by atoms with Crippen molar-refractivity contribution in [2.75, 3.05) is 13.2 Å². The first kappa shape index (κ1) is 31.7. The zero-order valence-electron chi connectivity index (χ0n) is 26.4. The van der Waals surface area contributed by atoms with Crippen molar-refractivity contribution in [1.29, 1.82) is 0 Å². The summed E-state index contributed by atoms with van der Waals surface area (Å²) in [5, 5.41) is 3.21. The number of imide groups is 1. The molecule has 0 radical (unpaired) electrons. The molecule has 1 aliphatic heterocycles. The predicted molar refractivity (Wildman–Crippen MR) is 179 cm³/mol. The maximum atomic E-state index is 14.0. The number of pyridine rings is 1. The van der Waals surface area contributed by atoms with Crippen molar-refractivity contribution in [1.82, 2.24) is 25.2 Å². The third-order valence-electron chi connectivity index (χ3n) is 8.76. The summed E-state index contributed by atoms with van der Waals surface area (Å²) in [4.78, 5) is 40.4. The monoisotopic (exact) mass is 661 g/mol. The average molecular weight is 662 g/mol. The standard InChI is InChI=1S/C38H30F3N5O3/c1-37(27-14-15-31-32(22-27)43-17-16-42-31)35(47)46(36(48)45-37)18-7-19-49-28-11-5-10-25(21-28)33-26(20-24-8-3-2-4-9-24)23-44-34-29(33)12-6-13-30(34)38(39,40)41/h2-6,8-17,21-23H,7,18-20H2,1H3,(H,45,48). The van der Waals surface area contributed by atoms with Gasteiger partial charge in [-0.3, -0.25) is 24.6 Å². The molecule has 7 rings (SSSR count). The normalized spacial score (nSPS) is 16.4.